The van der Waals surface area contributed by atoms with Crippen LogP contribution < -0.4 is 5.73 Å². The summed E-state index contributed by atoms with van der Waals surface area (Å²) in [6.07, 6.45) is 0. The number of nitrogens with two attached hydrogens (primary N) is 1. The fraction of sp³-hybridized carbons (Fsp3) is 1.00. The molecular weight excluding hydrogens is 147 g/mol. The van der Waals surface area contributed by atoms with Gasteiger partial charge in [0, 0.05) is 0 Å². The van der Waals surface area contributed by atoms with Gasteiger partial charge in [-0.2, -0.15) is 0 Å². The van der Waals surface area contributed by atoms with E-state index in [9.17, 15) is 8.39 Å². The first-order valence-electron chi connectivity index (χ1n) is 2.61. The average Bonchev–Trinajstić information content (AvgIpc) is 1.57. The molecule has 2 N–H and O–H groups in total. The Morgan fingerprint density at radius 3 is 2.00 bits per heavy atom. The van der Waals surface area contributed by atoms with Gasteiger partial charge in [0.15, 0.2) is 0 Å². The normalized spacial score (nSPS) is 16.8. The summed E-state index contributed by atoms with van der Waals surface area (Å²) in [5.74, 6) is 0. The maximum atomic E-state index is 12.4. The first-order valence-corrected chi connectivity index (χ1v) is 5.44. The van der Waals surface area contributed by atoms with Gasteiger partial charge in [0.2, 0.25) is 0 Å². The van der Waals surface area contributed by atoms with Crippen molar-refractivity contribution in [2.45, 2.75) is 0 Å². The molecule has 0 aromatic carbocycles. The quantitative estimate of drug-likeness (QED) is 0.632. The van der Waals surface area contributed by atoms with E-state index < -0.39 is 7.45 Å². The molecule has 0 saturated heterocycles. The Balaban J connectivity index is 3.60. The van der Waals surface area contributed by atoms with Gasteiger partial charge in [-0.25, -0.2) is 0 Å². The first-order chi connectivity index (χ1) is 3.81. The molecule has 0 rings (SSSR count). The van der Waals surface area contributed by atoms with Crippen LogP contribution in [0.3, 0.4) is 0 Å². The third kappa shape index (κ3) is 8.21. The van der Waals surface area contributed by atoms with Gasteiger partial charge in [0.05, 0.1) is 0 Å². The topological polar surface area (TPSA) is 35.2 Å². The molecule has 0 aromatic rings. The Labute approximate surface area is 53.6 Å². The fourth-order valence-electron chi connectivity index (χ4n) is 0.304. The molecule has 0 radical (unpaired) electrons. The van der Waals surface area contributed by atoms with Gasteiger partial charge in [-0.05, 0) is 0 Å². The molecule has 0 aromatic heterocycles. The number of rotatable bonds is 3. The minimum absolute atomic E-state index is 0.0577. The van der Waals surface area contributed by atoms with Gasteiger partial charge in [-0.3, -0.25) is 0 Å². The fourth-order valence-corrected chi connectivity index (χ4v) is 0.913. The monoisotopic (exact) mass is 159 g/mol. The molecule has 0 aliphatic rings. The van der Waals surface area contributed by atoms with Crippen LogP contribution in [-0.4, -0.2) is 26.5 Å². The first kappa shape index (κ1) is 9.21. The molecule has 0 heterocycles. The molecule has 0 amide bonds. The van der Waals surface area contributed by atoms with Gasteiger partial charge < -0.3 is 0 Å². The minimum atomic E-state index is -4.71. The van der Waals surface area contributed by atoms with Gasteiger partial charge in [0.1, 0.15) is 0 Å². The van der Waals surface area contributed by atoms with E-state index >= 15 is 0 Å². The van der Waals surface area contributed by atoms with E-state index in [2.05, 4.69) is 4.52 Å². The van der Waals surface area contributed by atoms with Crippen LogP contribution in [-0.2, 0) is 4.52 Å². The van der Waals surface area contributed by atoms with Gasteiger partial charge >= 0.3 is 52.6 Å². The van der Waals surface area contributed by atoms with Crippen molar-refractivity contribution in [3.05, 3.63) is 0 Å². The second-order valence-corrected chi connectivity index (χ2v) is 5.95. The summed E-state index contributed by atoms with van der Waals surface area (Å²) >= 11 is 0. The van der Waals surface area contributed by atoms with E-state index in [1.165, 1.54) is 0 Å². The molecule has 0 unspecified atom stereocenters. The molecule has 0 spiro atoms. The summed E-state index contributed by atoms with van der Waals surface area (Å²) in [7, 11) is -4.71. The molecular formula is C4H12F2NOP. The van der Waals surface area contributed by atoms with Crippen LogP contribution in [0.2, 0.25) is 0 Å². The third-order valence-corrected chi connectivity index (χ3v) is 1.46. The Bertz CT molecular complexity index is 91.2. The van der Waals surface area contributed by atoms with E-state index in [-0.39, 0.29) is 13.2 Å². The van der Waals surface area contributed by atoms with Crippen LogP contribution in [0.1, 0.15) is 0 Å². The van der Waals surface area contributed by atoms with Crippen molar-refractivity contribution in [1.29, 1.82) is 0 Å². The number of hydrogen-bond acceptors (Lipinski definition) is 2. The number of hydrogen-bond donors (Lipinski definition) is 1. The molecule has 0 aliphatic carbocycles. The van der Waals surface area contributed by atoms with Crippen LogP contribution >= 0.6 is 7.45 Å². The molecule has 58 valence electrons. The SMILES string of the molecule is CP(C)(F)(F)OCCN. The average molecular weight is 159 g/mol. The van der Waals surface area contributed by atoms with E-state index in [4.69, 9.17) is 5.73 Å². The molecule has 0 aliphatic heterocycles. The molecule has 0 atom stereocenters. The summed E-state index contributed by atoms with van der Waals surface area (Å²) in [5, 5.41) is 0. The molecule has 5 heteroatoms. The van der Waals surface area contributed by atoms with Crippen molar-refractivity contribution in [2.75, 3.05) is 26.5 Å². The molecule has 0 fully saturated rings. The molecule has 2 nitrogen and oxygen atoms in total. The Kier molecular flexibility index (Phi) is 2.50. The molecule has 0 saturated carbocycles. The van der Waals surface area contributed by atoms with Crippen molar-refractivity contribution in [3.63, 3.8) is 0 Å². The summed E-state index contributed by atoms with van der Waals surface area (Å²) in [6.45, 7) is 1.76. The summed E-state index contributed by atoms with van der Waals surface area (Å²) in [4.78, 5) is 0. The Morgan fingerprint density at radius 1 is 1.44 bits per heavy atom. The third-order valence-electron chi connectivity index (χ3n) is 0.565. The van der Waals surface area contributed by atoms with Crippen molar-refractivity contribution < 1.29 is 12.9 Å². The second-order valence-electron chi connectivity index (χ2n) is 2.31. The van der Waals surface area contributed by atoms with E-state index in [0.29, 0.717) is 0 Å². The molecule has 0 bridgehead atoms. The van der Waals surface area contributed by atoms with Crippen LogP contribution in [0.5, 0.6) is 0 Å². The summed E-state index contributed by atoms with van der Waals surface area (Å²) in [6, 6.07) is 0. The van der Waals surface area contributed by atoms with Crippen molar-refractivity contribution in [2.24, 2.45) is 5.73 Å². The summed E-state index contributed by atoms with van der Waals surface area (Å²) in [5.41, 5.74) is 4.96. The van der Waals surface area contributed by atoms with Crippen LogP contribution in [0.25, 0.3) is 0 Å². The van der Waals surface area contributed by atoms with Crippen molar-refractivity contribution in [1.82, 2.24) is 0 Å². The van der Waals surface area contributed by atoms with Crippen molar-refractivity contribution in [3.8, 4) is 0 Å². The van der Waals surface area contributed by atoms with Crippen LogP contribution in [0.4, 0.5) is 8.39 Å². The Hall–Kier alpha value is 0.210. The van der Waals surface area contributed by atoms with Gasteiger partial charge in [-0.1, -0.05) is 0 Å². The van der Waals surface area contributed by atoms with E-state index in [0.717, 1.165) is 13.3 Å². The number of halogens is 2. The van der Waals surface area contributed by atoms with E-state index in [1.54, 1.807) is 0 Å². The predicted octanol–water partition coefficient (Wildman–Crippen LogP) is 1.46. The van der Waals surface area contributed by atoms with Crippen molar-refractivity contribution >= 4 is 7.45 Å². The maximum absolute atomic E-state index is 12.4. The molecule has 9 heavy (non-hydrogen) atoms. The van der Waals surface area contributed by atoms with Crippen LogP contribution in [0, 0.1) is 0 Å². The standard InChI is InChI=1S/C4H12F2NOP/c1-9(2,5,6)8-4-3-7/h3-4,7H2,1-2H3. The summed E-state index contributed by atoms with van der Waals surface area (Å²) < 4.78 is 29.1. The zero-order valence-electron chi connectivity index (χ0n) is 5.60. The Morgan fingerprint density at radius 2 is 1.89 bits per heavy atom. The zero-order valence-corrected chi connectivity index (χ0v) is 6.50. The van der Waals surface area contributed by atoms with Gasteiger partial charge in [0.25, 0.3) is 0 Å². The van der Waals surface area contributed by atoms with E-state index in [1.807, 2.05) is 0 Å². The van der Waals surface area contributed by atoms with Gasteiger partial charge in [-0.15, -0.1) is 0 Å². The van der Waals surface area contributed by atoms with Crippen LogP contribution in [0.15, 0.2) is 0 Å². The predicted molar refractivity (Wildman–Crippen MR) is 36.0 cm³/mol. The second kappa shape index (κ2) is 2.45. The zero-order chi connectivity index (χ0) is 7.57.